The van der Waals surface area contributed by atoms with Crippen LogP contribution >= 0.6 is 12.6 Å². The number of benzene rings is 1. The fourth-order valence-corrected chi connectivity index (χ4v) is 1.64. The molecule has 0 radical (unpaired) electrons. The number of rotatable bonds is 3. The van der Waals surface area contributed by atoms with Crippen LogP contribution in [0, 0.1) is 0 Å². The number of aromatic nitrogens is 1. The lowest BCUT2D eigenvalue weighted by molar-refractivity contribution is 1.26. The molecule has 15 heavy (non-hydrogen) atoms. The van der Waals surface area contributed by atoms with Crippen molar-refractivity contribution in [2.24, 2.45) is 0 Å². The summed E-state index contributed by atoms with van der Waals surface area (Å²) in [5.74, 6) is 0.894. The van der Waals surface area contributed by atoms with Crippen molar-refractivity contribution in [2.45, 2.75) is 6.42 Å². The van der Waals surface area contributed by atoms with Gasteiger partial charge in [0.25, 0.3) is 0 Å². The van der Waals surface area contributed by atoms with Gasteiger partial charge in [-0.05, 0) is 35.9 Å². The number of fused-ring (bicyclic) bond motifs is 1. The molecule has 1 aromatic carbocycles. The van der Waals surface area contributed by atoms with Crippen LogP contribution in [0.25, 0.3) is 17.0 Å². The van der Waals surface area contributed by atoms with Crippen LogP contribution in [-0.4, -0.2) is 10.7 Å². The maximum atomic E-state index is 4.28. The molecule has 0 aliphatic heterocycles. The molecule has 0 saturated carbocycles. The number of nitrogens with zero attached hydrogens (tertiary/aromatic N) is 1. The largest absolute Gasteiger partial charge is 0.256 e. The van der Waals surface area contributed by atoms with Crippen LogP contribution < -0.4 is 0 Å². The van der Waals surface area contributed by atoms with Crippen LogP contribution in [0.2, 0.25) is 0 Å². The van der Waals surface area contributed by atoms with Gasteiger partial charge in [0.15, 0.2) is 0 Å². The molecule has 0 amide bonds. The molecule has 0 spiro atoms. The highest BCUT2D eigenvalue weighted by Crippen LogP contribution is 2.14. The van der Waals surface area contributed by atoms with Crippen LogP contribution in [0.1, 0.15) is 12.0 Å². The first-order valence-corrected chi connectivity index (χ1v) is 5.65. The summed E-state index contributed by atoms with van der Waals surface area (Å²) in [6.45, 7) is 0. The van der Waals surface area contributed by atoms with Gasteiger partial charge in [0, 0.05) is 11.6 Å². The maximum absolute atomic E-state index is 4.28. The maximum Gasteiger partial charge on any atom is 0.0702 e. The minimum absolute atomic E-state index is 0.894. The Kier molecular flexibility index (Phi) is 3.41. The fraction of sp³-hybridized carbons (Fsp3) is 0.154. The van der Waals surface area contributed by atoms with Gasteiger partial charge >= 0.3 is 0 Å². The van der Waals surface area contributed by atoms with E-state index in [1.54, 1.807) is 0 Å². The molecule has 0 bridgehead atoms. The van der Waals surface area contributed by atoms with Gasteiger partial charge in [-0.3, -0.25) is 4.98 Å². The van der Waals surface area contributed by atoms with Crippen molar-refractivity contribution >= 4 is 29.6 Å². The van der Waals surface area contributed by atoms with Gasteiger partial charge in [-0.1, -0.05) is 24.3 Å². The SMILES string of the molecule is SCCC=Cc1ccc2ncccc2c1. The third-order valence-electron chi connectivity index (χ3n) is 2.23. The van der Waals surface area contributed by atoms with E-state index in [0.717, 1.165) is 17.7 Å². The van der Waals surface area contributed by atoms with E-state index >= 15 is 0 Å². The Bertz CT molecular complexity index is 477. The number of thiol groups is 1. The molecule has 0 aliphatic rings. The lowest BCUT2D eigenvalue weighted by atomic mass is 10.1. The summed E-state index contributed by atoms with van der Waals surface area (Å²) in [7, 11) is 0. The topological polar surface area (TPSA) is 12.9 Å². The summed E-state index contributed by atoms with van der Waals surface area (Å²) < 4.78 is 0. The normalized spacial score (nSPS) is 11.3. The second-order valence-electron chi connectivity index (χ2n) is 3.37. The third kappa shape index (κ3) is 2.60. The Hall–Kier alpha value is -1.28. The van der Waals surface area contributed by atoms with Crippen molar-refractivity contribution in [3.8, 4) is 0 Å². The zero-order valence-electron chi connectivity index (χ0n) is 8.43. The number of hydrogen-bond donors (Lipinski definition) is 1. The zero-order valence-corrected chi connectivity index (χ0v) is 9.32. The second kappa shape index (κ2) is 4.99. The molecule has 0 atom stereocenters. The summed E-state index contributed by atoms with van der Waals surface area (Å²) in [5, 5.41) is 1.19. The molecule has 1 heterocycles. The minimum Gasteiger partial charge on any atom is -0.256 e. The molecule has 2 heteroatoms. The first kappa shape index (κ1) is 10.2. The monoisotopic (exact) mass is 215 g/mol. The number of pyridine rings is 1. The predicted octanol–water partition coefficient (Wildman–Crippen LogP) is 3.57. The molecule has 2 rings (SSSR count). The van der Waals surface area contributed by atoms with Crippen LogP contribution in [0.5, 0.6) is 0 Å². The van der Waals surface area contributed by atoms with Gasteiger partial charge < -0.3 is 0 Å². The molecule has 2 aromatic rings. The summed E-state index contributed by atoms with van der Waals surface area (Å²) in [6.07, 6.45) is 7.10. The number of hydrogen-bond acceptors (Lipinski definition) is 2. The average molecular weight is 215 g/mol. The standard InChI is InChI=1S/C13H13NS/c15-9-2-1-4-11-6-7-13-12(10-11)5-3-8-14-13/h1,3-8,10,15H,2,9H2. The zero-order chi connectivity index (χ0) is 10.5. The van der Waals surface area contributed by atoms with Gasteiger partial charge in [0.1, 0.15) is 0 Å². The van der Waals surface area contributed by atoms with Crippen LogP contribution in [0.3, 0.4) is 0 Å². The third-order valence-corrected chi connectivity index (χ3v) is 2.49. The Morgan fingerprint density at radius 1 is 1.27 bits per heavy atom. The van der Waals surface area contributed by atoms with Crippen molar-refractivity contribution in [2.75, 3.05) is 5.75 Å². The lowest BCUT2D eigenvalue weighted by Crippen LogP contribution is -1.78. The molecule has 1 aromatic heterocycles. The highest BCUT2D eigenvalue weighted by Gasteiger charge is 1.93. The fourth-order valence-electron chi connectivity index (χ4n) is 1.49. The summed E-state index contributed by atoms with van der Waals surface area (Å²) in [6, 6.07) is 10.3. The summed E-state index contributed by atoms with van der Waals surface area (Å²) >= 11 is 4.16. The molecular weight excluding hydrogens is 202 g/mol. The second-order valence-corrected chi connectivity index (χ2v) is 3.82. The predicted molar refractivity (Wildman–Crippen MR) is 69.2 cm³/mol. The van der Waals surface area contributed by atoms with Gasteiger partial charge in [-0.15, -0.1) is 0 Å². The molecule has 1 nitrogen and oxygen atoms in total. The Balaban J connectivity index is 2.30. The Labute approximate surface area is 95.3 Å². The highest BCUT2D eigenvalue weighted by atomic mass is 32.1. The average Bonchev–Trinajstić information content (AvgIpc) is 2.29. The highest BCUT2D eigenvalue weighted by molar-refractivity contribution is 7.80. The van der Waals surface area contributed by atoms with E-state index in [0.29, 0.717) is 0 Å². The van der Waals surface area contributed by atoms with E-state index in [9.17, 15) is 0 Å². The molecule has 0 N–H and O–H groups in total. The van der Waals surface area contributed by atoms with Crippen molar-refractivity contribution < 1.29 is 0 Å². The molecule has 0 aliphatic carbocycles. The van der Waals surface area contributed by atoms with Crippen molar-refractivity contribution in [3.05, 3.63) is 48.2 Å². The van der Waals surface area contributed by atoms with E-state index in [4.69, 9.17) is 0 Å². The Morgan fingerprint density at radius 3 is 3.07 bits per heavy atom. The van der Waals surface area contributed by atoms with Gasteiger partial charge in [0.05, 0.1) is 5.52 Å². The minimum atomic E-state index is 0.894. The first-order chi connectivity index (χ1) is 7.40. The van der Waals surface area contributed by atoms with E-state index in [1.165, 1.54) is 10.9 Å². The summed E-state index contributed by atoms with van der Waals surface area (Å²) in [5.41, 5.74) is 2.26. The first-order valence-electron chi connectivity index (χ1n) is 5.02. The quantitative estimate of drug-likeness (QED) is 0.772. The lowest BCUT2D eigenvalue weighted by Gasteiger charge is -1.98. The molecule has 76 valence electrons. The van der Waals surface area contributed by atoms with Gasteiger partial charge in [-0.2, -0.15) is 12.6 Å². The van der Waals surface area contributed by atoms with Crippen molar-refractivity contribution in [3.63, 3.8) is 0 Å². The Morgan fingerprint density at radius 2 is 2.20 bits per heavy atom. The number of allylic oxidation sites excluding steroid dienone is 1. The summed E-state index contributed by atoms with van der Waals surface area (Å²) in [4.78, 5) is 4.28. The molecular formula is C13H13NS. The van der Waals surface area contributed by atoms with Crippen LogP contribution in [-0.2, 0) is 0 Å². The van der Waals surface area contributed by atoms with E-state index < -0.39 is 0 Å². The van der Waals surface area contributed by atoms with Gasteiger partial charge in [-0.25, -0.2) is 0 Å². The van der Waals surface area contributed by atoms with Gasteiger partial charge in [0.2, 0.25) is 0 Å². The van der Waals surface area contributed by atoms with Crippen molar-refractivity contribution in [1.29, 1.82) is 0 Å². The van der Waals surface area contributed by atoms with Crippen LogP contribution in [0.4, 0.5) is 0 Å². The molecule has 0 unspecified atom stereocenters. The van der Waals surface area contributed by atoms with E-state index in [2.05, 4.69) is 54.0 Å². The molecule has 0 saturated heterocycles. The van der Waals surface area contributed by atoms with E-state index in [-0.39, 0.29) is 0 Å². The van der Waals surface area contributed by atoms with Crippen molar-refractivity contribution in [1.82, 2.24) is 4.98 Å². The smallest absolute Gasteiger partial charge is 0.0702 e. The van der Waals surface area contributed by atoms with E-state index in [1.807, 2.05) is 12.3 Å². The van der Waals surface area contributed by atoms with Crippen LogP contribution in [0.15, 0.2) is 42.6 Å². The molecule has 0 fully saturated rings.